The molecule has 0 heterocycles. The number of primary amides is 1. The SMILES string of the molecule is NC(=O)CN=Cc1c(Cl)cccc1Cl. The normalized spacial score (nSPS) is 10.7. The van der Waals surface area contributed by atoms with Crippen molar-refractivity contribution in [3.63, 3.8) is 0 Å². The fourth-order valence-corrected chi connectivity index (χ4v) is 1.36. The molecule has 74 valence electrons. The van der Waals surface area contributed by atoms with Crippen molar-refractivity contribution in [1.29, 1.82) is 0 Å². The van der Waals surface area contributed by atoms with E-state index in [-0.39, 0.29) is 6.54 Å². The van der Waals surface area contributed by atoms with Crippen LogP contribution in [0.15, 0.2) is 23.2 Å². The summed E-state index contributed by atoms with van der Waals surface area (Å²) in [5.41, 5.74) is 5.51. The predicted octanol–water partition coefficient (Wildman–Crippen LogP) is 1.90. The lowest BCUT2D eigenvalue weighted by Gasteiger charge is -1.99. The lowest BCUT2D eigenvalue weighted by Crippen LogP contribution is -2.14. The zero-order chi connectivity index (χ0) is 10.6. The maximum Gasteiger partial charge on any atom is 0.239 e. The van der Waals surface area contributed by atoms with Crippen molar-refractivity contribution < 1.29 is 4.79 Å². The molecule has 14 heavy (non-hydrogen) atoms. The Morgan fingerprint density at radius 3 is 2.50 bits per heavy atom. The van der Waals surface area contributed by atoms with E-state index in [1.165, 1.54) is 6.21 Å². The van der Waals surface area contributed by atoms with Crippen molar-refractivity contribution in [2.75, 3.05) is 6.54 Å². The first-order valence-corrected chi connectivity index (χ1v) is 4.59. The Morgan fingerprint density at radius 2 is 2.00 bits per heavy atom. The summed E-state index contributed by atoms with van der Waals surface area (Å²) in [5, 5.41) is 0.983. The lowest BCUT2D eigenvalue weighted by atomic mass is 10.2. The van der Waals surface area contributed by atoms with E-state index in [4.69, 9.17) is 28.9 Å². The molecule has 0 fully saturated rings. The van der Waals surface area contributed by atoms with Crippen LogP contribution >= 0.6 is 23.2 Å². The molecule has 5 heteroatoms. The summed E-state index contributed by atoms with van der Waals surface area (Å²) in [5.74, 6) is -0.496. The van der Waals surface area contributed by atoms with Crippen molar-refractivity contribution in [2.24, 2.45) is 10.7 Å². The molecule has 2 N–H and O–H groups in total. The second-order valence-corrected chi connectivity index (χ2v) is 3.39. The van der Waals surface area contributed by atoms with E-state index in [1.54, 1.807) is 18.2 Å². The summed E-state index contributed by atoms with van der Waals surface area (Å²) in [6, 6.07) is 5.12. The van der Waals surface area contributed by atoms with Gasteiger partial charge in [-0.3, -0.25) is 9.79 Å². The average Bonchev–Trinajstić information content (AvgIpc) is 2.09. The second kappa shape index (κ2) is 4.98. The summed E-state index contributed by atoms with van der Waals surface area (Å²) in [6.45, 7) is -0.0679. The number of carbonyl (C=O) groups excluding carboxylic acids is 1. The standard InChI is InChI=1S/C9H8Cl2N2O/c10-7-2-1-3-8(11)6(7)4-13-5-9(12)14/h1-4H,5H2,(H2,12,14). The largest absolute Gasteiger partial charge is 0.368 e. The van der Waals surface area contributed by atoms with E-state index < -0.39 is 5.91 Å². The van der Waals surface area contributed by atoms with Crippen LogP contribution in [0.25, 0.3) is 0 Å². The molecule has 1 aromatic carbocycles. The Balaban J connectivity index is 2.85. The van der Waals surface area contributed by atoms with Crippen LogP contribution < -0.4 is 5.73 Å². The van der Waals surface area contributed by atoms with Crippen LogP contribution in [-0.4, -0.2) is 18.7 Å². The molecule has 0 aromatic heterocycles. The van der Waals surface area contributed by atoms with Crippen molar-refractivity contribution >= 4 is 35.3 Å². The van der Waals surface area contributed by atoms with Gasteiger partial charge in [0.2, 0.25) is 5.91 Å². The Bertz CT molecular complexity index is 357. The van der Waals surface area contributed by atoms with E-state index in [1.807, 2.05) is 0 Å². The van der Waals surface area contributed by atoms with E-state index in [2.05, 4.69) is 4.99 Å². The zero-order valence-electron chi connectivity index (χ0n) is 7.21. The van der Waals surface area contributed by atoms with Crippen LogP contribution in [0.2, 0.25) is 10.0 Å². The molecule has 0 aliphatic rings. The molecule has 0 aliphatic carbocycles. The Kier molecular flexibility index (Phi) is 3.92. The molecule has 1 aromatic rings. The molecule has 0 bridgehead atoms. The Labute approximate surface area is 91.5 Å². The van der Waals surface area contributed by atoms with Crippen LogP contribution in [-0.2, 0) is 4.79 Å². The summed E-state index contributed by atoms with van der Waals surface area (Å²) >= 11 is 11.7. The second-order valence-electron chi connectivity index (χ2n) is 2.57. The Morgan fingerprint density at radius 1 is 1.43 bits per heavy atom. The third kappa shape index (κ3) is 3.01. The van der Waals surface area contributed by atoms with Crippen molar-refractivity contribution in [1.82, 2.24) is 0 Å². The van der Waals surface area contributed by atoms with Gasteiger partial charge in [-0.2, -0.15) is 0 Å². The maximum atomic E-state index is 10.4. The van der Waals surface area contributed by atoms with Crippen LogP contribution in [0, 0.1) is 0 Å². The van der Waals surface area contributed by atoms with Crippen molar-refractivity contribution in [2.45, 2.75) is 0 Å². The van der Waals surface area contributed by atoms with Crippen LogP contribution in [0.3, 0.4) is 0 Å². The van der Waals surface area contributed by atoms with Gasteiger partial charge in [0.15, 0.2) is 0 Å². The third-order valence-electron chi connectivity index (χ3n) is 1.47. The van der Waals surface area contributed by atoms with Gasteiger partial charge in [-0.25, -0.2) is 0 Å². The summed E-state index contributed by atoms with van der Waals surface area (Å²) in [6.07, 6.45) is 1.44. The van der Waals surface area contributed by atoms with Gasteiger partial charge in [0.1, 0.15) is 6.54 Å². The number of halogens is 2. The van der Waals surface area contributed by atoms with Gasteiger partial charge >= 0.3 is 0 Å². The molecule has 0 unspecified atom stereocenters. The smallest absolute Gasteiger partial charge is 0.239 e. The molecule has 0 saturated heterocycles. The first kappa shape index (κ1) is 11.0. The highest BCUT2D eigenvalue weighted by molar-refractivity contribution is 6.38. The maximum absolute atomic E-state index is 10.4. The van der Waals surface area contributed by atoms with Gasteiger partial charge < -0.3 is 5.73 Å². The molecule has 1 amide bonds. The molecule has 0 atom stereocenters. The number of hydrogen-bond acceptors (Lipinski definition) is 2. The number of carbonyl (C=O) groups is 1. The van der Waals surface area contributed by atoms with Crippen molar-refractivity contribution in [3.8, 4) is 0 Å². The van der Waals surface area contributed by atoms with E-state index >= 15 is 0 Å². The molecule has 3 nitrogen and oxygen atoms in total. The first-order chi connectivity index (χ1) is 6.61. The van der Waals surface area contributed by atoms with Gasteiger partial charge in [-0.15, -0.1) is 0 Å². The van der Waals surface area contributed by atoms with Gasteiger partial charge in [0.05, 0.1) is 10.0 Å². The monoisotopic (exact) mass is 230 g/mol. The summed E-state index contributed by atoms with van der Waals surface area (Å²) < 4.78 is 0. The number of amides is 1. The highest BCUT2D eigenvalue weighted by Crippen LogP contribution is 2.21. The molecule has 0 aliphatic heterocycles. The molecule has 0 spiro atoms. The fourth-order valence-electron chi connectivity index (χ4n) is 0.861. The molecule has 0 saturated carbocycles. The molecular weight excluding hydrogens is 223 g/mol. The van der Waals surface area contributed by atoms with Crippen LogP contribution in [0.5, 0.6) is 0 Å². The topological polar surface area (TPSA) is 55.5 Å². The number of hydrogen-bond donors (Lipinski definition) is 1. The Hall–Kier alpha value is -1.06. The van der Waals surface area contributed by atoms with Crippen LogP contribution in [0.1, 0.15) is 5.56 Å². The average molecular weight is 231 g/mol. The number of aliphatic imine (C=N–C) groups is 1. The molecular formula is C9H8Cl2N2O. The minimum atomic E-state index is -0.496. The summed E-state index contributed by atoms with van der Waals surface area (Å²) in [4.78, 5) is 14.2. The number of nitrogens with zero attached hydrogens (tertiary/aromatic N) is 1. The number of nitrogens with two attached hydrogens (primary N) is 1. The van der Waals surface area contributed by atoms with Gasteiger partial charge in [0, 0.05) is 11.8 Å². The van der Waals surface area contributed by atoms with Gasteiger partial charge in [0.25, 0.3) is 0 Å². The van der Waals surface area contributed by atoms with E-state index in [0.717, 1.165) is 0 Å². The zero-order valence-corrected chi connectivity index (χ0v) is 8.72. The first-order valence-electron chi connectivity index (χ1n) is 3.83. The van der Waals surface area contributed by atoms with E-state index in [0.29, 0.717) is 15.6 Å². The fraction of sp³-hybridized carbons (Fsp3) is 0.111. The number of rotatable bonds is 3. The van der Waals surface area contributed by atoms with Gasteiger partial charge in [-0.05, 0) is 12.1 Å². The highest BCUT2D eigenvalue weighted by Gasteiger charge is 2.01. The minimum absolute atomic E-state index is 0.0679. The molecule has 1 rings (SSSR count). The summed E-state index contributed by atoms with van der Waals surface area (Å²) in [7, 11) is 0. The lowest BCUT2D eigenvalue weighted by molar-refractivity contribution is -0.116. The highest BCUT2D eigenvalue weighted by atomic mass is 35.5. The van der Waals surface area contributed by atoms with Gasteiger partial charge in [-0.1, -0.05) is 29.3 Å². The van der Waals surface area contributed by atoms with Crippen LogP contribution in [0.4, 0.5) is 0 Å². The minimum Gasteiger partial charge on any atom is -0.368 e. The number of benzene rings is 1. The quantitative estimate of drug-likeness (QED) is 0.793. The predicted molar refractivity (Wildman–Crippen MR) is 58.1 cm³/mol. The van der Waals surface area contributed by atoms with E-state index in [9.17, 15) is 4.79 Å². The molecule has 0 radical (unpaired) electrons. The third-order valence-corrected chi connectivity index (χ3v) is 2.13. The van der Waals surface area contributed by atoms with Crippen molar-refractivity contribution in [3.05, 3.63) is 33.8 Å².